The molecule has 304 valence electrons. The van der Waals surface area contributed by atoms with Gasteiger partial charge >= 0.3 is 11.9 Å². The molecule has 0 aliphatic heterocycles. The summed E-state index contributed by atoms with van der Waals surface area (Å²) in [6.45, 7) is 6.40. The largest absolute Gasteiger partial charge is 0.463 e. The van der Waals surface area contributed by atoms with Crippen LogP contribution < -0.4 is 0 Å². The molecule has 53 heavy (non-hydrogen) atoms. The minimum Gasteiger partial charge on any atom is -0.463 e. The lowest BCUT2D eigenvalue weighted by Gasteiger charge is -2.12. The van der Waals surface area contributed by atoms with E-state index in [4.69, 9.17) is 9.47 Å². The smallest absolute Gasteiger partial charge is 0.306 e. The SMILES string of the molecule is CC/C=C\C/C=C\C/C=C\C/C=C\C=C/C(O)C/C=C\CCC(=O)OC[C@@H](O)COC(=O)CCCCCCCCCCCCCCCCCCC(C)C. The summed E-state index contributed by atoms with van der Waals surface area (Å²) in [7, 11) is 0. The van der Waals surface area contributed by atoms with E-state index >= 15 is 0 Å². The van der Waals surface area contributed by atoms with Gasteiger partial charge in [-0.05, 0) is 50.9 Å². The first-order chi connectivity index (χ1) is 25.8. The summed E-state index contributed by atoms with van der Waals surface area (Å²) >= 11 is 0. The van der Waals surface area contributed by atoms with Crippen molar-refractivity contribution >= 4 is 11.9 Å². The van der Waals surface area contributed by atoms with Crippen molar-refractivity contribution in [3.63, 3.8) is 0 Å². The standard InChI is InChI=1S/C47H80O6/c1-4-5-6-7-8-9-10-15-19-22-25-28-32-37-44(48)38-33-30-35-40-47(51)53-42-45(49)41-52-46(50)39-34-29-26-23-20-17-14-12-11-13-16-18-21-24-27-31-36-43(2)3/h5-6,8-9,15,19,25,28,30,32-33,37,43-45,48-49H,4,7,10-14,16-18,20-24,26-27,29,31,34-36,38-42H2,1-3H3/b6-5-,9-8-,19-15-,28-25-,33-30-,37-32-/t44?,45-/m0/s1. The van der Waals surface area contributed by atoms with Crippen LogP contribution in [0.25, 0.3) is 0 Å². The molecule has 0 aromatic rings. The van der Waals surface area contributed by atoms with E-state index in [0.29, 0.717) is 19.3 Å². The van der Waals surface area contributed by atoms with Crippen molar-refractivity contribution in [2.75, 3.05) is 13.2 Å². The predicted octanol–water partition coefficient (Wildman–Crippen LogP) is 12.6. The van der Waals surface area contributed by atoms with Crippen LogP contribution in [0.1, 0.15) is 181 Å². The van der Waals surface area contributed by atoms with Gasteiger partial charge in [-0.1, -0.05) is 196 Å². The summed E-state index contributed by atoms with van der Waals surface area (Å²) in [5.41, 5.74) is 0. The first kappa shape index (κ1) is 50.3. The molecule has 0 radical (unpaired) electrons. The Morgan fingerprint density at radius 2 is 0.981 bits per heavy atom. The highest BCUT2D eigenvalue weighted by atomic mass is 16.6. The molecule has 0 aliphatic carbocycles. The number of ether oxygens (including phenoxy) is 2. The first-order valence-electron chi connectivity index (χ1n) is 21.5. The minimum absolute atomic E-state index is 0.170. The van der Waals surface area contributed by atoms with E-state index in [1.54, 1.807) is 6.08 Å². The maximum absolute atomic E-state index is 12.0. The number of rotatable bonds is 37. The molecule has 6 nitrogen and oxygen atoms in total. The molecule has 0 saturated carbocycles. The predicted molar refractivity (Wildman–Crippen MR) is 225 cm³/mol. The van der Waals surface area contributed by atoms with E-state index in [2.05, 4.69) is 57.2 Å². The van der Waals surface area contributed by atoms with Gasteiger partial charge in [-0.15, -0.1) is 0 Å². The van der Waals surface area contributed by atoms with Crippen molar-refractivity contribution in [2.45, 2.75) is 193 Å². The maximum atomic E-state index is 12.0. The van der Waals surface area contributed by atoms with Gasteiger partial charge in [0.15, 0.2) is 0 Å². The van der Waals surface area contributed by atoms with Gasteiger partial charge in [0.1, 0.15) is 19.3 Å². The van der Waals surface area contributed by atoms with E-state index in [-0.39, 0.29) is 25.6 Å². The molecule has 2 atom stereocenters. The van der Waals surface area contributed by atoms with Gasteiger partial charge in [-0.25, -0.2) is 0 Å². The molecule has 0 amide bonds. The summed E-state index contributed by atoms with van der Waals surface area (Å²) < 4.78 is 10.3. The van der Waals surface area contributed by atoms with Gasteiger partial charge in [0.05, 0.1) is 6.10 Å². The van der Waals surface area contributed by atoms with E-state index < -0.39 is 18.2 Å². The Labute approximate surface area is 326 Å². The number of aliphatic hydroxyl groups is 2. The molecule has 1 unspecified atom stereocenters. The number of allylic oxidation sites excluding steroid dienone is 10. The van der Waals surface area contributed by atoms with Gasteiger partial charge < -0.3 is 19.7 Å². The molecule has 0 spiro atoms. The monoisotopic (exact) mass is 741 g/mol. The number of hydrogen-bond donors (Lipinski definition) is 2. The van der Waals surface area contributed by atoms with Gasteiger partial charge in [-0.3, -0.25) is 9.59 Å². The van der Waals surface area contributed by atoms with Crippen molar-refractivity contribution in [3.8, 4) is 0 Å². The van der Waals surface area contributed by atoms with Crippen LogP contribution in [0.2, 0.25) is 0 Å². The van der Waals surface area contributed by atoms with E-state index in [1.165, 1.54) is 89.9 Å². The summed E-state index contributed by atoms with van der Waals surface area (Å²) in [4.78, 5) is 24.0. The van der Waals surface area contributed by atoms with Crippen LogP contribution in [0.3, 0.4) is 0 Å². The van der Waals surface area contributed by atoms with Gasteiger partial charge in [-0.2, -0.15) is 0 Å². The van der Waals surface area contributed by atoms with Crippen LogP contribution in [0.5, 0.6) is 0 Å². The van der Waals surface area contributed by atoms with Crippen molar-refractivity contribution in [1.82, 2.24) is 0 Å². The minimum atomic E-state index is -1.03. The third-order valence-electron chi connectivity index (χ3n) is 8.98. The Hall–Kier alpha value is -2.70. The fourth-order valence-corrected chi connectivity index (χ4v) is 5.73. The van der Waals surface area contributed by atoms with Crippen LogP contribution in [0.4, 0.5) is 0 Å². The molecule has 6 heteroatoms. The fourth-order valence-electron chi connectivity index (χ4n) is 5.73. The lowest BCUT2D eigenvalue weighted by molar-refractivity contribution is -0.152. The maximum Gasteiger partial charge on any atom is 0.306 e. The zero-order valence-corrected chi connectivity index (χ0v) is 34.3. The third-order valence-corrected chi connectivity index (χ3v) is 8.98. The van der Waals surface area contributed by atoms with Crippen molar-refractivity contribution in [1.29, 1.82) is 0 Å². The molecular formula is C47H80O6. The molecule has 0 heterocycles. The average molecular weight is 741 g/mol. The Balaban J connectivity index is 3.62. The number of aliphatic hydroxyl groups excluding tert-OH is 2. The van der Waals surface area contributed by atoms with Crippen LogP contribution >= 0.6 is 0 Å². The zero-order valence-electron chi connectivity index (χ0n) is 34.3. The normalized spacial score (nSPS) is 13.6. The average Bonchev–Trinajstić information content (AvgIpc) is 3.14. The molecule has 0 rings (SSSR count). The zero-order chi connectivity index (χ0) is 38.9. The number of carbonyl (C=O) groups excluding carboxylic acids is 2. The van der Waals surface area contributed by atoms with Crippen molar-refractivity contribution in [2.24, 2.45) is 5.92 Å². The lowest BCUT2D eigenvalue weighted by atomic mass is 10.0. The second-order valence-corrected chi connectivity index (χ2v) is 14.8. The summed E-state index contributed by atoms with van der Waals surface area (Å²) in [5, 5.41) is 20.1. The highest BCUT2D eigenvalue weighted by molar-refractivity contribution is 5.70. The van der Waals surface area contributed by atoms with Crippen LogP contribution in [0, 0.1) is 5.92 Å². The molecule has 0 bridgehead atoms. The molecule has 0 fully saturated rings. The number of carbonyl (C=O) groups is 2. The molecule has 0 aromatic heterocycles. The summed E-state index contributed by atoms with van der Waals surface area (Å²) in [5.74, 6) is 0.110. The Morgan fingerprint density at radius 3 is 1.49 bits per heavy atom. The van der Waals surface area contributed by atoms with Crippen LogP contribution in [-0.4, -0.2) is 47.6 Å². The van der Waals surface area contributed by atoms with E-state index in [0.717, 1.165) is 50.9 Å². The Bertz CT molecular complexity index is 1000. The Kier molecular flexibility index (Phi) is 38.4. The number of esters is 2. The molecule has 0 aliphatic rings. The lowest BCUT2D eigenvalue weighted by Crippen LogP contribution is -2.25. The summed E-state index contributed by atoms with van der Waals surface area (Å²) in [6, 6.07) is 0. The van der Waals surface area contributed by atoms with Gasteiger partial charge in [0, 0.05) is 12.8 Å². The quantitative estimate of drug-likeness (QED) is 0.0285. The van der Waals surface area contributed by atoms with Crippen LogP contribution in [-0.2, 0) is 19.1 Å². The van der Waals surface area contributed by atoms with Gasteiger partial charge in [0.2, 0.25) is 0 Å². The first-order valence-corrected chi connectivity index (χ1v) is 21.5. The van der Waals surface area contributed by atoms with Crippen molar-refractivity contribution < 1.29 is 29.3 Å². The second-order valence-electron chi connectivity index (χ2n) is 14.8. The molecule has 2 N–H and O–H groups in total. The molecule has 0 saturated heterocycles. The van der Waals surface area contributed by atoms with Crippen molar-refractivity contribution in [3.05, 3.63) is 72.9 Å². The third kappa shape index (κ3) is 41.9. The van der Waals surface area contributed by atoms with E-state index in [1.807, 2.05) is 30.4 Å². The second kappa shape index (κ2) is 40.5. The van der Waals surface area contributed by atoms with Gasteiger partial charge in [0.25, 0.3) is 0 Å². The number of hydrogen-bond acceptors (Lipinski definition) is 6. The highest BCUT2D eigenvalue weighted by Gasteiger charge is 2.12. The number of unbranched alkanes of at least 4 members (excludes halogenated alkanes) is 15. The molecular weight excluding hydrogens is 661 g/mol. The summed E-state index contributed by atoms with van der Waals surface area (Å²) in [6.07, 6.45) is 50.0. The van der Waals surface area contributed by atoms with E-state index in [9.17, 15) is 19.8 Å². The molecule has 0 aromatic carbocycles. The highest BCUT2D eigenvalue weighted by Crippen LogP contribution is 2.15. The topological polar surface area (TPSA) is 93.1 Å². The Morgan fingerprint density at radius 1 is 0.528 bits per heavy atom. The fraction of sp³-hybridized carbons (Fsp3) is 0.702. The van der Waals surface area contributed by atoms with Crippen LogP contribution in [0.15, 0.2) is 72.9 Å².